The Balaban J connectivity index is 2.33. The smallest absolute Gasteiger partial charge is 0.261 e. The van der Waals surface area contributed by atoms with Crippen LogP contribution in [0.4, 0.5) is 8.78 Å². The molecule has 1 aromatic heterocycles. The molecular formula is C12H10F2N2O. The van der Waals surface area contributed by atoms with Crippen molar-refractivity contribution in [1.29, 1.82) is 0 Å². The fraction of sp³-hybridized carbons (Fsp3) is 0.0833. The molecule has 5 heteroatoms. The highest BCUT2D eigenvalue weighted by Crippen LogP contribution is 2.11. The molecule has 3 nitrogen and oxygen atoms in total. The predicted octanol–water partition coefficient (Wildman–Crippen LogP) is 1.91. The van der Waals surface area contributed by atoms with Gasteiger partial charge in [-0.15, -0.1) is 0 Å². The van der Waals surface area contributed by atoms with Crippen molar-refractivity contribution in [2.45, 2.75) is 6.54 Å². The second-order valence-electron chi connectivity index (χ2n) is 3.57. The van der Waals surface area contributed by atoms with Gasteiger partial charge in [-0.3, -0.25) is 9.36 Å². The van der Waals surface area contributed by atoms with Crippen LogP contribution in [-0.4, -0.2) is 10.5 Å². The molecular weight excluding hydrogens is 226 g/mol. The lowest BCUT2D eigenvalue weighted by atomic mass is 10.2. The SMILES string of the molecule is NCc1ccn(C(=O)c2ccc(F)c(F)c2)c1. The third-order valence-electron chi connectivity index (χ3n) is 2.39. The molecule has 0 bridgehead atoms. The lowest BCUT2D eigenvalue weighted by Crippen LogP contribution is -2.10. The Morgan fingerprint density at radius 1 is 1.24 bits per heavy atom. The van der Waals surface area contributed by atoms with E-state index in [1.807, 2.05) is 0 Å². The normalized spacial score (nSPS) is 10.5. The molecule has 1 aromatic carbocycles. The van der Waals surface area contributed by atoms with Gasteiger partial charge >= 0.3 is 0 Å². The van der Waals surface area contributed by atoms with Gasteiger partial charge in [0.1, 0.15) is 0 Å². The Morgan fingerprint density at radius 2 is 2.00 bits per heavy atom. The van der Waals surface area contributed by atoms with Crippen LogP contribution in [0.25, 0.3) is 0 Å². The zero-order valence-corrected chi connectivity index (χ0v) is 8.86. The predicted molar refractivity (Wildman–Crippen MR) is 58.4 cm³/mol. The molecule has 0 atom stereocenters. The number of nitrogens with two attached hydrogens (primary N) is 1. The molecule has 0 saturated heterocycles. The molecule has 1 heterocycles. The van der Waals surface area contributed by atoms with Crippen LogP contribution in [0.1, 0.15) is 15.9 Å². The quantitative estimate of drug-likeness (QED) is 0.865. The van der Waals surface area contributed by atoms with E-state index < -0.39 is 17.5 Å². The maximum absolute atomic E-state index is 13.0. The summed E-state index contributed by atoms with van der Waals surface area (Å²) >= 11 is 0. The second kappa shape index (κ2) is 4.47. The molecule has 2 N–H and O–H groups in total. The summed E-state index contributed by atoms with van der Waals surface area (Å²) < 4.78 is 27.0. The third-order valence-corrected chi connectivity index (χ3v) is 2.39. The van der Waals surface area contributed by atoms with E-state index in [0.717, 1.165) is 17.7 Å². The fourth-order valence-electron chi connectivity index (χ4n) is 1.47. The molecule has 0 radical (unpaired) electrons. The largest absolute Gasteiger partial charge is 0.326 e. The van der Waals surface area contributed by atoms with E-state index >= 15 is 0 Å². The van der Waals surface area contributed by atoms with Gasteiger partial charge in [-0.25, -0.2) is 8.78 Å². The van der Waals surface area contributed by atoms with Crippen molar-refractivity contribution in [3.8, 4) is 0 Å². The van der Waals surface area contributed by atoms with Crippen LogP contribution < -0.4 is 5.73 Å². The minimum atomic E-state index is -1.04. The van der Waals surface area contributed by atoms with Gasteiger partial charge < -0.3 is 5.73 Å². The first-order valence-corrected chi connectivity index (χ1v) is 4.98. The van der Waals surface area contributed by atoms with Gasteiger partial charge in [-0.2, -0.15) is 0 Å². The minimum Gasteiger partial charge on any atom is -0.326 e. The average molecular weight is 236 g/mol. The first-order valence-electron chi connectivity index (χ1n) is 4.98. The van der Waals surface area contributed by atoms with Crippen LogP contribution in [0.3, 0.4) is 0 Å². The number of hydrogen-bond donors (Lipinski definition) is 1. The van der Waals surface area contributed by atoms with E-state index in [1.54, 1.807) is 12.3 Å². The Morgan fingerprint density at radius 3 is 2.59 bits per heavy atom. The Bertz CT molecular complexity index is 563. The van der Waals surface area contributed by atoms with Crippen molar-refractivity contribution >= 4 is 5.91 Å². The minimum absolute atomic E-state index is 0.0862. The van der Waals surface area contributed by atoms with Crippen LogP contribution in [-0.2, 0) is 6.54 Å². The summed E-state index contributed by atoms with van der Waals surface area (Å²) in [4.78, 5) is 11.9. The van der Waals surface area contributed by atoms with Crippen LogP contribution >= 0.6 is 0 Å². The summed E-state index contributed by atoms with van der Waals surface area (Å²) in [6.07, 6.45) is 3.09. The van der Waals surface area contributed by atoms with Crippen LogP contribution in [0.5, 0.6) is 0 Å². The highest BCUT2D eigenvalue weighted by atomic mass is 19.2. The number of halogens is 2. The van der Waals surface area contributed by atoms with Crippen molar-refractivity contribution in [1.82, 2.24) is 4.57 Å². The zero-order valence-electron chi connectivity index (χ0n) is 8.86. The molecule has 0 spiro atoms. The molecule has 2 aromatic rings. The average Bonchev–Trinajstić information content (AvgIpc) is 2.80. The summed E-state index contributed by atoms with van der Waals surface area (Å²) in [7, 11) is 0. The molecule has 0 aliphatic heterocycles. The van der Waals surface area contributed by atoms with Gasteiger partial charge in [-0.05, 0) is 29.8 Å². The van der Waals surface area contributed by atoms with Gasteiger partial charge in [0.15, 0.2) is 11.6 Å². The van der Waals surface area contributed by atoms with E-state index in [4.69, 9.17) is 5.73 Å². The molecule has 2 rings (SSSR count). The van der Waals surface area contributed by atoms with E-state index in [1.165, 1.54) is 16.8 Å². The molecule has 0 aliphatic rings. The number of nitrogens with zero attached hydrogens (tertiary/aromatic N) is 1. The van der Waals surface area contributed by atoms with Crippen LogP contribution in [0.2, 0.25) is 0 Å². The van der Waals surface area contributed by atoms with Crippen LogP contribution in [0, 0.1) is 11.6 Å². The van der Waals surface area contributed by atoms with Gasteiger partial charge in [-0.1, -0.05) is 0 Å². The second-order valence-corrected chi connectivity index (χ2v) is 3.57. The Labute approximate surface area is 96.5 Å². The lowest BCUT2D eigenvalue weighted by molar-refractivity contribution is 0.0959. The molecule has 0 aliphatic carbocycles. The number of benzene rings is 1. The first kappa shape index (κ1) is 11.5. The third kappa shape index (κ3) is 2.24. The number of hydrogen-bond acceptors (Lipinski definition) is 2. The topological polar surface area (TPSA) is 48.0 Å². The van der Waals surface area contributed by atoms with Crippen molar-refractivity contribution in [3.05, 3.63) is 59.4 Å². The van der Waals surface area contributed by atoms with Gasteiger partial charge in [0.05, 0.1) is 0 Å². The summed E-state index contributed by atoms with van der Waals surface area (Å²) in [5, 5.41) is 0. The highest BCUT2D eigenvalue weighted by Gasteiger charge is 2.11. The summed E-state index contributed by atoms with van der Waals surface area (Å²) in [5.74, 6) is -2.44. The van der Waals surface area contributed by atoms with Crippen molar-refractivity contribution in [2.24, 2.45) is 5.73 Å². The number of carbonyl (C=O) groups excluding carboxylic acids is 1. The maximum Gasteiger partial charge on any atom is 0.261 e. The van der Waals surface area contributed by atoms with E-state index in [9.17, 15) is 13.6 Å². The maximum atomic E-state index is 13.0. The van der Waals surface area contributed by atoms with Crippen molar-refractivity contribution in [2.75, 3.05) is 0 Å². The molecule has 0 amide bonds. The van der Waals surface area contributed by atoms with Crippen LogP contribution in [0.15, 0.2) is 36.7 Å². The van der Waals surface area contributed by atoms with E-state index in [0.29, 0.717) is 6.54 Å². The molecule has 0 saturated carbocycles. The van der Waals surface area contributed by atoms with Gasteiger partial charge in [0.2, 0.25) is 0 Å². The summed E-state index contributed by atoms with van der Waals surface area (Å²) in [6, 6.07) is 4.73. The van der Waals surface area contributed by atoms with Gasteiger partial charge in [0, 0.05) is 24.5 Å². The number of aromatic nitrogens is 1. The van der Waals surface area contributed by atoms with E-state index in [2.05, 4.69) is 0 Å². The zero-order chi connectivity index (χ0) is 12.4. The van der Waals surface area contributed by atoms with Crippen molar-refractivity contribution in [3.63, 3.8) is 0 Å². The van der Waals surface area contributed by atoms with E-state index in [-0.39, 0.29) is 5.56 Å². The lowest BCUT2D eigenvalue weighted by Gasteiger charge is -2.02. The first-order chi connectivity index (χ1) is 8.11. The molecule has 17 heavy (non-hydrogen) atoms. The Hall–Kier alpha value is -2.01. The summed E-state index contributed by atoms with van der Waals surface area (Å²) in [6.45, 7) is 0.318. The highest BCUT2D eigenvalue weighted by molar-refractivity contribution is 5.96. The number of rotatable bonds is 2. The number of carbonyl (C=O) groups is 1. The fourth-order valence-corrected chi connectivity index (χ4v) is 1.47. The van der Waals surface area contributed by atoms with Gasteiger partial charge in [0.25, 0.3) is 5.91 Å². The summed E-state index contributed by atoms with van der Waals surface area (Å²) in [5.41, 5.74) is 6.29. The molecule has 88 valence electrons. The van der Waals surface area contributed by atoms with Crippen molar-refractivity contribution < 1.29 is 13.6 Å². The molecule has 0 fully saturated rings. The standard InChI is InChI=1S/C12H10F2N2O/c13-10-2-1-9(5-11(10)14)12(17)16-4-3-8(6-15)7-16/h1-5,7H,6,15H2. The molecule has 0 unspecified atom stereocenters. The Kier molecular flexibility index (Phi) is 3.01. The monoisotopic (exact) mass is 236 g/mol.